The number of rotatable bonds is 4. The van der Waals surface area contributed by atoms with Gasteiger partial charge in [-0.05, 0) is 26.8 Å². The van der Waals surface area contributed by atoms with Gasteiger partial charge in [0.05, 0.1) is 6.61 Å². The van der Waals surface area contributed by atoms with Gasteiger partial charge < -0.3 is 15.0 Å². The Labute approximate surface area is 102 Å². The summed E-state index contributed by atoms with van der Waals surface area (Å²) in [5, 5.41) is 3.35. The maximum Gasteiger partial charge on any atom is 0.228 e. The molecular formula is C12H20N4O. The zero-order valence-electron chi connectivity index (χ0n) is 10.7. The summed E-state index contributed by atoms with van der Waals surface area (Å²) in [6.45, 7) is 6.62. The first-order chi connectivity index (χ1) is 8.20. The Hall–Kier alpha value is -1.36. The summed E-state index contributed by atoms with van der Waals surface area (Å²) in [7, 11) is 2.04. The van der Waals surface area contributed by atoms with Crippen LogP contribution in [0.15, 0.2) is 6.07 Å². The van der Waals surface area contributed by atoms with Crippen LogP contribution in [0.4, 0.5) is 5.95 Å². The molecule has 1 saturated heterocycles. The Morgan fingerprint density at radius 3 is 3.00 bits per heavy atom. The topological polar surface area (TPSA) is 50.3 Å². The third-order valence-corrected chi connectivity index (χ3v) is 3.01. The lowest BCUT2D eigenvalue weighted by molar-refractivity contribution is 0.325. The molecule has 0 radical (unpaired) electrons. The molecule has 17 heavy (non-hydrogen) atoms. The molecule has 1 aromatic heterocycles. The summed E-state index contributed by atoms with van der Waals surface area (Å²) in [6, 6.07) is 2.35. The van der Waals surface area contributed by atoms with Crippen molar-refractivity contribution in [1.29, 1.82) is 0 Å². The Kier molecular flexibility index (Phi) is 3.78. The van der Waals surface area contributed by atoms with Gasteiger partial charge in [-0.25, -0.2) is 4.98 Å². The lowest BCUT2D eigenvalue weighted by atomic mass is 10.2. The first-order valence-electron chi connectivity index (χ1n) is 6.12. The molecule has 5 heteroatoms. The molecule has 0 spiro atoms. The van der Waals surface area contributed by atoms with Crippen LogP contribution >= 0.6 is 0 Å². The number of hydrogen-bond donors (Lipinski definition) is 1. The number of aromatic nitrogens is 2. The molecule has 5 nitrogen and oxygen atoms in total. The van der Waals surface area contributed by atoms with E-state index in [2.05, 4.69) is 20.2 Å². The fourth-order valence-electron chi connectivity index (χ4n) is 2.04. The van der Waals surface area contributed by atoms with Gasteiger partial charge in [-0.3, -0.25) is 0 Å². The number of likely N-dealkylation sites (N-methyl/N-ethyl adjacent to an activating group) is 1. The van der Waals surface area contributed by atoms with Crippen LogP contribution in [0.2, 0.25) is 0 Å². The average molecular weight is 236 g/mol. The molecule has 1 aliphatic rings. The van der Waals surface area contributed by atoms with Crippen molar-refractivity contribution in [3.63, 3.8) is 0 Å². The third kappa shape index (κ3) is 2.85. The van der Waals surface area contributed by atoms with Gasteiger partial charge in [0.1, 0.15) is 0 Å². The van der Waals surface area contributed by atoms with Gasteiger partial charge in [-0.15, -0.1) is 0 Å². The van der Waals surface area contributed by atoms with Crippen molar-refractivity contribution in [2.24, 2.45) is 0 Å². The second-order valence-electron chi connectivity index (χ2n) is 4.34. The van der Waals surface area contributed by atoms with Crippen LogP contribution in [-0.4, -0.2) is 42.8 Å². The molecule has 1 fully saturated rings. The predicted octanol–water partition coefficient (Wildman–Crippen LogP) is 0.982. The highest BCUT2D eigenvalue weighted by atomic mass is 16.5. The molecule has 1 N–H and O–H groups in total. The fourth-order valence-corrected chi connectivity index (χ4v) is 2.04. The van der Waals surface area contributed by atoms with Crippen LogP contribution in [0.5, 0.6) is 5.88 Å². The number of aryl methyl sites for hydroxylation is 1. The first kappa shape index (κ1) is 12.1. The third-order valence-electron chi connectivity index (χ3n) is 3.01. The van der Waals surface area contributed by atoms with E-state index in [0.29, 0.717) is 18.5 Å². The monoisotopic (exact) mass is 236 g/mol. The lowest BCUT2D eigenvalue weighted by Crippen LogP contribution is -2.34. The maximum absolute atomic E-state index is 5.45. The van der Waals surface area contributed by atoms with Gasteiger partial charge in [0, 0.05) is 31.4 Å². The summed E-state index contributed by atoms with van der Waals surface area (Å²) in [5.41, 5.74) is 0.941. The van der Waals surface area contributed by atoms with E-state index in [9.17, 15) is 0 Å². The van der Waals surface area contributed by atoms with Gasteiger partial charge in [0.25, 0.3) is 0 Å². The average Bonchev–Trinajstić information content (AvgIpc) is 2.81. The minimum Gasteiger partial charge on any atom is -0.478 e. The van der Waals surface area contributed by atoms with E-state index < -0.39 is 0 Å². The molecule has 1 atom stereocenters. The highest BCUT2D eigenvalue weighted by Crippen LogP contribution is 2.18. The minimum atomic E-state index is 0.478. The Morgan fingerprint density at radius 2 is 2.35 bits per heavy atom. The van der Waals surface area contributed by atoms with Gasteiger partial charge in [0.15, 0.2) is 0 Å². The smallest absolute Gasteiger partial charge is 0.228 e. The van der Waals surface area contributed by atoms with Crippen molar-refractivity contribution in [3.8, 4) is 5.88 Å². The highest BCUT2D eigenvalue weighted by Gasteiger charge is 2.21. The summed E-state index contributed by atoms with van der Waals surface area (Å²) in [4.78, 5) is 11.0. The molecule has 94 valence electrons. The fraction of sp³-hybridized carbons (Fsp3) is 0.667. The van der Waals surface area contributed by atoms with Crippen LogP contribution < -0.4 is 15.0 Å². The molecule has 2 heterocycles. The number of hydrogen-bond acceptors (Lipinski definition) is 5. The maximum atomic E-state index is 5.45. The summed E-state index contributed by atoms with van der Waals surface area (Å²) in [5.74, 6) is 1.41. The van der Waals surface area contributed by atoms with Crippen LogP contribution in [0.25, 0.3) is 0 Å². The summed E-state index contributed by atoms with van der Waals surface area (Å²) >= 11 is 0. The zero-order chi connectivity index (χ0) is 12.3. The van der Waals surface area contributed by atoms with Crippen molar-refractivity contribution < 1.29 is 4.74 Å². The molecular weight excluding hydrogens is 216 g/mol. The van der Waals surface area contributed by atoms with Crippen molar-refractivity contribution in [1.82, 2.24) is 15.3 Å². The number of nitrogens with zero attached hydrogens (tertiary/aromatic N) is 3. The van der Waals surface area contributed by atoms with Crippen LogP contribution in [-0.2, 0) is 0 Å². The molecule has 0 bridgehead atoms. The molecule has 0 aliphatic carbocycles. The summed E-state index contributed by atoms with van der Waals surface area (Å²) < 4.78 is 5.45. The molecule has 2 rings (SSSR count). The normalized spacial score (nSPS) is 19.4. The zero-order valence-corrected chi connectivity index (χ0v) is 10.7. The van der Waals surface area contributed by atoms with Gasteiger partial charge in [-0.2, -0.15) is 4.98 Å². The van der Waals surface area contributed by atoms with Crippen molar-refractivity contribution >= 4 is 5.95 Å². The standard InChI is InChI=1S/C12H20N4O/c1-4-17-11-7-9(2)14-12(15-11)16(3)10-5-6-13-8-10/h7,10,13H,4-6,8H2,1-3H3. The molecule has 1 unspecified atom stereocenters. The van der Waals surface area contributed by atoms with E-state index in [1.54, 1.807) is 0 Å². The van der Waals surface area contributed by atoms with E-state index in [-0.39, 0.29) is 0 Å². The molecule has 1 aliphatic heterocycles. The van der Waals surface area contributed by atoms with E-state index in [1.807, 2.05) is 27.0 Å². The van der Waals surface area contributed by atoms with Crippen LogP contribution in [0.3, 0.4) is 0 Å². The number of ether oxygens (including phenoxy) is 1. The second kappa shape index (κ2) is 5.31. The Morgan fingerprint density at radius 1 is 1.53 bits per heavy atom. The van der Waals surface area contributed by atoms with Gasteiger partial charge in [0.2, 0.25) is 11.8 Å². The lowest BCUT2D eigenvalue weighted by Gasteiger charge is -2.24. The van der Waals surface area contributed by atoms with Gasteiger partial charge >= 0.3 is 0 Å². The molecule has 1 aromatic rings. The Balaban J connectivity index is 2.18. The first-order valence-corrected chi connectivity index (χ1v) is 6.12. The van der Waals surface area contributed by atoms with E-state index in [1.165, 1.54) is 0 Å². The molecule has 0 aromatic carbocycles. The summed E-state index contributed by atoms with van der Waals surface area (Å²) in [6.07, 6.45) is 1.14. The molecule has 0 amide bonds. The second-order valence-corrected chi connectivity index (χ2v) is 4.34. The van der Waals surface area contributed by atoms with E-state index in [0.717, 1.165) is 31.2 Å². The highest BCUT2D eigenvalue weighted by molar-refractivity contribution is 5.35. The SMILES string of the molecule is CCOc1cc(C)nc(N(C)C2CCNC2)n1. The largest absolute Gasteiger partial charge is 0.478 e. The molecule has 0 saturated carbocycles. The Bertz CT molecular complexity index is 377. The van der Waals surface area contributed by atoms with Crippen LogP contribution in [0.1, 0.15) is 19.0 Å². The van der Waals surface area contributed by atoms with E-state index in [4.69, 9.17) is 4.74 Å². The van der Waals surface area contributed by atoms with E-state index >= 15 is 0 Å². The van der Waals surface area contributed by atoms with Crippen molar-refractivity contribution in [2.45, 2.75) is 26.3 Å². The number of nitrogens with one attached hydrogen (secondary N) is 1. The van der Waals surface area contributed by atoms with Crippen molar-refractivity contribution in [3.05, 3.63) is 11.8 Å². The minimum absolute atomic E-state index is 0.478. The number of anilines is 1. The van der Waals surface area contributed by atoms with Gasteiger partial charge in [-0.1, -0.05) is 0 Å². The van der Waals surface area contributed by atoms with Crippen molar-refractivity contribution in [2.75, 3.05) is 31.6 Å². The quantitative estimate of drug-likeness (QED) is 0.844. The predicted molar refractivity (Wildman–Crippen MR) is 67.6 cm³/mol. The van der Waals surface area contributed by atoms with Crippen LogP contribution in [0, 0.1) is 6.92 Å².